The smallest absolute Gasteiger partial charge is 0.176 e. The molecule has 0 bridgehead atoms. The molecule has 0 saturated heterocycles. The molecule has 2 aromatic rings. The number of carbonyl (C=O) groups is 1. The molecule has 1 aliphatic carbocycles. The monoisotopic (exact) mass is 228 g/mol. The molecule has 1 fully saturated rings. The minimum absolute atomic E-state index is 0.0709. The molecule has 0 atom stereocenters. The molecule has 1 aromatic heterocycles. The maximum atomic E-state index is 12.4. The lowest BCUT2D eigenvalue weighted by Crippen LogP contribution is -2.20. The molecule has 1 heterocycles. The zero-order chi connectivity index (χ0) is 11.9. The van der Waals surface area contributed by atoms with Crippen LogP contribution in [-0.4, -0.2) is 10.9 Å². The van der Waals surface area contributed by atoms with E-state index in [0.717, 1.165) is 12.8 Å². The van der Waals surface area contributed by atoms with Crippen molar-refractivity contribution in [2.45, 2.75) is 18.3 Å². The topological polar surface area (TPSA) is 69.1 Å². The Morgan fingerprint density at radius 1 is 1.35 bits per heavy atom. The minimum atomic E-state index is -0.496. The Labute approximate surface area is 98.4 Å². The van der Waals surface area contributed by atoms with E-state index in [1.54, 1.807) is 36.5 Å². The van der Waals surface area contributed by atoms with E-state index in [-0.39, 0.29) is 5.78 Å². The summed E-state index contributed by atoms with van der Waals surface area (Å²) >= 11 is 0. The van der Waals surface area contributed by atoms with Gasteiger partial charge in [0.1, 0.15) is 0 Å². The maximum absolute atomic E-state index is 12.4. The van der Waals surface area contributed by atoms with Gasteiger partial charge in [-0.3, -0.25) is 4.79 Å². The van der Waals surface area contributed by atoms with E-state index in [1.807, 2.05) is 0 Å². The van der Waals surface area contributed by atoms with Crippen LogP contribution in [0.4, 0.5) is 5.69 Å². The average Bonchev–Trinajstić information content (AvgIpc) is 2.96. The predicted molar refractivity (Wildman–Crippen MR) is 62.6 cm³/mol. The van der Waals surface area contributed by atoms with E-state index in [4.69, 9.17) is 10.3 Å². The molecule has 0 amide bonds. The number of anilines is 1. The molecule has 4 heteroatoms. The van der Waals surface area contributed by atoms with Gasteiger partial charge in [0.2, 0.25) is 0 Å². The van der Waals surface area contributed by atoms with Crippen LogP contribution in [0.2, 0.25) is 0 Å². The van der Waals surface area contributed by atoms with Crippen molar-refractivity contribution in [3.63, 3.8) is 0 Å². The highest BCUT2D eigenvalue weighted by atomic mass is 16.5. The average molecular weight is 228 g/mol. The van der Waals surface area contributed by atoms with Crippen molar-refractivity contribution in [3.8, 4) is 0 Å². The lowest BCUT2D eigenvalue weighted by atomic mass is 9.92. The highest BCUT2D eigenvalue weighted by Crippen LogP contribution is 2.50. The SMILES string of the molecule is Nc1cccc(C(=O)C2(c3ccno3)CC2)c1. The lowest BCUT2D eigenvalue weighted by Gasteiger charge is -2.10. The van der Waals surface area contributed by atoms with E-state index in [2.05, 4.69) is 5.16 Å². The van der Waals surface area contributed by atoms with Crippen LogP contribution < -0.4 is 5.73 Å². The van der Waals surface area contributed by atoms with Gasteiger partial charge >= 0.3 is 0 Å². The largest absolute Gasteiger partial charge is 0.399 e. The van der Waals surface area contributed by atoms with Gasteiger partial charge in [0.25, 0.3) is 0 Å². The molecule has 4 nitrogen and oxygen atoms in total. The summed E-state index contributed by atoms with van der Waals surface area (Å²) in [4.78, 5) is 12.4. The zero-order valence-electron chi connectivity index (χ0n) is 9.22. The van der Waals surface area contributed by atoms with Crippen LogP contribution >= 0.6 is 0 Å². The first-order valence-corrected chi connectivity index (χ1v) is 5.54. The van der Waals surface area contributed by atoms with Crippen LogP contribution in [0.1, 0.15) is 29.0 Å². The van der Waals surface area contributed by atoms with E-state index in [9.17, 15) is 4.79 Å². The summed E-state index contributed by atoms with van der Waals surface area (Å²) in [5.74, 6) is 0.728. The standard InChI is InChI=1S/C13H12N2O2/c14-10-3-1-2-9(8-10)12(16)13(5-6-13)11-4-7-15-17-11/h1-4,7-8H,5-6,14H2. The number of carbonyl (C=O) groups excluding carboxylic acids is 1. The van der Waals surface area contributed by atoms with Gasteiger partial charge < -0.3 is 10.3 Å². The van der Waals surface area contributed by atoms with Crippen LogP contribution in [0.25, 0.3) is 0 Å². The van der Waals surface area contributed by atoms with E-state index >= 15 is 0 Å². The summed E-state index contributed by atoms with van der Waals surface area (Å²) < 4.78 is 5.13. The Morgan fingerprint density at radius 2 is 2.18 bits per heavy atom. The lowest BCUT2D eigenvalue weighted by molar-refractivity contribution is 0.0930. The van der Waals surface area contributed by atoms with Crippen LogP contribution in [0.15, 0.2) is 41.1 Å². The first kappa shape index (κ1) is 10.1. The van der Waals surface area contributed by atoms with Crippen LogP contribution in [-0.2, 0) is 5.41 Å². The second kappa shape index (κ2) is 3.45. The first-order valence-electron chi connectivity index (χ1n) is 5.54. The predicted octanol–water partition coefficient (Wildman–Crippen LogP) is 2.17. The van der Waals surface area contributed by atoms with Crippen molar-refractivity contribution in [1.29, 1.82) is 0 Å². The molecule has 3 rings (SSSR count). The fourth-order valence-corrected chi connectivity index (χ4v) is 2.13. The van der Waals surface area contributed by atoms with E-state index < -0.39 is 5.41 Å². The number of nitrogens with two attached hydrogens (primary N) is 1. The van der Waals surface area contributed by atoms with Crippen molar-refractivity contribution in [1.82, 2.24) is 5.16 Å². The van der Waals surface area contributed by atoms with Crippen molar-refractivity contribution >= 4 is 11.5 Å². The Hall–Kier alpha value is -2.10. The highest BCUT2D eigenvalue weighted by molar-refractivity contribution is 6.06. The molecule has 1 saturated carbocycles. The summed E-state index contributed by atoms with van der Waals surface area (Å²) in [5, 5.41) is 3.67. The van der Waals surface area contributed by atoms with Crippen LogP contribution in [0.5, 0.6) is 0 Å². The third kappa shape index (κ3) is 1.53. The second-order valence-corrected chi connectivity index (χ2v) is 4.41. The van der Waals surface area contributed by atoms with Gasteiger partial charge in [-0.25, -0.2) is 0 Å². The molecule has 1 aliphatic rings. The molecule has 0 spiro atoms. The first-order chi connectivity index (χ1) is 8.22. The minimum Gasteiger partial charge on any atom is -0.399 e. The molecule has 1 aromatic carbocycles. The number of hydrogen-bond acceptors (Lipinski definition) is 4. The number of hydrogen-bond donors (Lipinski definition) is 1. The fourth-order valence-electron chi connectivity index (χ4n) is 2.13. The van der Waals surface area contributed by atoms with Gasteiger partial charge in [-0.2, -0.15) is 0 Å². The van der Waals surface area contributed by atoms with Gasteiger partial charge in [-0.05, 0) is 25.0 Å². The number of Topliss-reactive ketones (excluding diaryl/α,β-unsaturated/α-hetero) is 1. The maximum Gasteiger partial charge on any atom is 0.176 e. The van der Waals surface area contributed by atoms with E-state index in [1.165, 1.54) is 0 Å². The number of ketones is 1. The molecule has 2 N–H and O–H groups in total. The Bertz CT molecular complexity index is 557. The van der Waals surface area contributed by atoms with Gasteiger partial charge in [0.05, 0.1) is 11.6 Å². The zero-order valence-corrected chi connectivity index (χ0v) is 9.22. The quantitative estimate of drug-likeness (QED) is 0.645. The Morgan fingerprint density at radius 3 is 2.76 bits per heavy atom. The highest BCUT2D eigenvalue weighted by Gasteiger charge is 2.54. The third-order valence-electron chi connectivity index (χ3n) is 3.24. The van der Waals surface area contributed by atoms with E-state index in [0.29, 0.717) is 17.0 Å². The number of rotatable bonds is 3. The second-order valence-electron chi connectivity index (χ2n) is 4.41. The number of benzene rings is 1. The van der Waals surface area contributed by atoms with Crippen molar-refractivity contribution < 1.29 is 9.32 Å². The van der Waals surface area contributed by atoms with Crippen LogP contribution in [0, 0.1) is 0 Å². The Balaban J connectivity index is 1.98. The summed E-state index contributed by atoms with van der Waals surface area (Å²) in [7, 11) is 0. The molecule has 86 valence electrons. The fraction of sp³-hybridized carbons (Fsp3) is 0.231. The van der Waals surface area contributed by atoms with Gasteiger partial charge in [-0.15, -0.1) is 0 Å². The molecule has 0 unspecified atom stereocenters. The molecule has 17 heavy (non-hydrogen) atoms. The molecular formula is C13H12N2O2. The van der Waals surface area contributed by atoms with Crippen molar-refractivity contribution in [2.75, 3.05) is 5.73 Å². The normalized spacial score (nSPS) is 16.7. The van der Waals surface area contributed by atoms with Crippen LogP contribution in [0.3, 0.4) is 0 Å². The number of aromatic nitrogens is 1. The summed E-state index contributed by atoms with van der Waals surface area (Å²) in [6.45, 7) is 0. The number of nitrogen functional groups attached to an aromatic ring is 1. The van der Waals surface area contributed by atoms with Gasteiger partial charge in [0, 0.05) is 17.3 Å². The van der Waals surface area contributed by atoms with Gasteiger partial charge in [-0.1, -0.05) is 17.3 Å². The summed E-state index contributed by atoms with van der Waals surface area (Å²) in [5.41, 5.74) is 6.43. The summed E-state index contributed by atoms with van der Waals surface area (Å²) in [6, 6.07) is 8.81. The Kier molecular flexibility index (Phi) is 2.04. The van der Waals surface area contributed by atoms with Gasteiger partial charge in [0.15, 0.2) is 11.5 Å². The molecule has 0 aliphatic heterocycles. The molecule has 0 radical (unpaired) electrons. The summed E-state index contributed by atoms with van der Waals surface area (Å²) in [6.07, 6.45) is 3.20. The molecular weight excluding hydrogens is 216 g/mol. The van der Waals surface area contributed by atoms with Crippen molar-refractivity contribution in [2.24, 2.45) is 0 Å². The number of nitrogens with zero attached hydrogens (tertiary/aromatic N) is 1. The third-order valence-corrected chi connectivity index (χ3v) is 3.24. The van der Waals surface area contributed by atoms with Crippen molar-refractivity contribution in [3.05, 3.63) is 47.9 Å².